The Kier molecular flexibility index (Phi) is 4.63. The summed E-state index contributed by atoms with van der Waals surface area (Å²) in [6.07, 6.45) is 1.04. The lowest BCUT2D eigenvalue weighted by Gasteiger charge is -2.09. The van der Waals surface area contributed by atoms with E-state index in [1.165, 1.54) is 0 Å². The normalized spacial score (nSPS) is 10.6. The van der Waals surface area contributed by atoms with E-state index < -0.39 is 40.7 Å². The lowest BCUT2D eigenvalue weighted by molar-refractivity contribution is -0.116. The summed E-state index contributed by atoms with van der Waals surface area (Å²) in [6.45, 7) is 1.78. The third kappa shape index (κ3) is 2.77. The summed E-state index contributed by atoms with van der Waals surface area (Å²) in [5.41, 5.74) is -1.31. The molecule has 0 aliphatic heterocycles. The van der Waals surface area contributed by atoms with Gasteiger partial charge in [0.25, 0.3) is 0 Å². The minimum atomic E-state index is -2.25. The van der Waals surface area contributed by atoms with Gasteiger partial charge in [-0.05, 0) is 6.42 Å². The number of carbonyl (C=O) groups is 1. The van der Waals surface area contributed by atoms with Crippen LogP contribution in [0, 0.1) is 29.1 Å². The summed E-state index contributed by atoms with van der Waals surface area (Å²) >= 11 is 0. The fraction of sp³-hybridized carbons (Fsp3) is 0.364. The molecule has 1 N–H and O–H groups in total. The predicted octanol–water partition coefficient (Wildman–Crippen LogP) is 3.51. The molecule has 1 aromatic carbocycles. The van der Waals surface area contributed by atoms with Crippen molar-refractivity contribution in [2.45, 2.75) is 26.2 Å². The minimum Gasteiger partial charge on any atom is -0.321 e. The molecule has 0 saturated carbocycles. The van der Waals surface area contributed by atoms with Gasteiger partial charge in [-0.15, -0.1) is 0 Å². The standard InChI is InChI=1S/C11H10F5NO/c1-2-3-4-5(18)17-11-9(15)7(13)6(12)8(14)10(11)16/h2-4H2,1H3,(H,17,18). The van der Waals surface area contributed by atoms with Crippen molar-refractivity contribution in [3.05, 3.63) is 29.1 Å². The van der Waals surface area contributed by atoms with Crippen LogP contribution < -0.4 is 5.32 Å². The first-order valence-corrected chi connectivity index (χ1v) is 5.21. The lowest BCUT2D eigenvalue weighted by atomic mass is 10.2. The molecule has 100 valence electrons. The number of benzene rings is 1. The largest absolute Gasteiger partial charge is 0.321 e. The summed E-state index contributed by atoms with van der Waals surface area (Å²) < 4.78 is 64.6. The molecule has 0 aliphatic carbocycles. The van der Waals surface area contributed by atoms with Crippen molar-refractivity contribution in [3.8, 4) is 0 Å². The first-order chi connectivity index (χ1) is 8.40. The summed E-state index contributed by atoms with van der Waals surface area (Å²) in [4.78, 5) is 11.2. The maximum atomic E-state index is 13.1. The number of unbranched alkanes of at least 4 members (excludes halogenated alkanes) is 1. The summed E-state index contributed by atoms with van der Waals surface area (Å²) in [5, 5.41) is 1.69. The molecule has 0 unspecified atom stereocenters. The van der Waals surface area contributed by atoms with Crippen LogP contribution in [0.25, 0.3) is 0 Å². The van der Waals surface area contributed by atoms with Crippen molar-refractivity contribution in [1.29, 1.82) is 0 Å². The molecule has 2 nitrogen and oxygen atoms in total. The molecule has 0 aromatic heterocycles. The third-order valence-electron chi connectivity index (χ3n) is 2.23. The van der Waals surface area contributed by atoms with Crippen LogP contribution in [0.5, 0.6) is 0 Å². The van der Waals surface area contributed by atoms with Crippen molar-refractivity contribution in [2.75, 3.05) is 5.32 Å². The number of halogens is 5. The van der Waals surface area contributed by atoms with Crippen LogP contribution in [-0.4, -0.2) is 5.91 Å². The number of hydrogen-bond donors (Lipinski definition) is 1. The first-order valence-electron chi connectivity index (χ1n) is 5.21. The zero-order valence-electron chi connectivity index (χ0n) is 9.42. The molecule has 0 fully saturated rings. The average Bonchev–Trinajstić information content (AvgIpc) is 2.36. The Morgan fingerprint density at radius 2 is 1.39 bits per heavy atom. The van der Waals surface area contributed by atoms with Gasteiger partial charge in [0.05, 0.1) is 0 Å². The van der Waals surface area contributed by atoms with E-state index in [1.807, 2.05) is 0 Å². The number of rotatable bonds is 4. The van der Waals surface area contributed by atoms with E-state index in [4.69, 9.17) is 0 Å². The van der Waals surface area contributed by atoms with Crippen molar-refractivity contribution >= 4 is 11.6 Å². The zero-order valence-corrected chi connectivity index (χ0v) is 9.42. The van der Waals surface area contributed by atoms with Crippen LogP contribution in [-0.2, 0) is 4.79 Å². The SMILES string of the molecule is CCCCC(=O)Nc1c(F)c(F)c(F)c(F)c1F. The summed E-state index contributed by atoms with van der Waals surface area (Å²) in [6, 6.07) is 0. The van der Waals surface area contributed by atoms with Crippen LogP contribution in [0.15, 0.2) is 0 Å². The fourth-order valence-corrected chi connectivity index (χ4v) is 1.25. The molecule has 0 saturated heterocycles. The van der Waals surface area contributed by atoms with Crippen LogP contribution in [0.4, 0.5) is 27.6 Å². The monoisotopic (exact) mass is 267 g/mol. The molecule has 0 bridgehead atoms. The molecule has 1 aromatic rings. The second-order valence-corrected chi connectivity index (χ2v) is 3.60. The Morgan fingerprint density at radius 1 is 0.944 bits per heavy atom. The Labute approximate surface area is 99.8 Å². The van der Waals surface area contributed by atoms with E-state index in [0.29, 0.717) is 12.8 Å². The van der Waals surface area contributed by atoms with Gasteiger partial charge in [0.15, 0.2) is 23.3 Å². The zero-order chi connectivity index (χ0) is 13.9. The predicted molar refractivity (Wildman–Crippen MR) is 54.4 cm³/mol. The maximum absolute atomic E-state index is 13.1. The molecular formula is C11H10F5NO. The van der Waals surface area contributed by atoms with E-state index in [0.717, 1.165) is 0 Å². The van der Waals surface area contributed by atoms with Crippen molar-refractivity contribution in [1.82, 2.24) is 0 Å². The highest BCUT2D eigenvalue weighted by Crippen LogP contribution is 2.27. The van der Waals surface area contributed by atoms with Gasteiger partial charge in [0, 0.05) is 6.42 Å². The minimum absolute atomic E-state index is 0.0595. The van der Waals surface area contributed by atoms with Gasteiger partial charge in [-0.1, -0.05) is 13.3 Å². The molecular weight excluding hydrogens is 257 g/mol. The number of anilines is 1. The third-order valence-corrected chi connectivity index (χ3v) is 2.23. The molecule has 18 heavy (non-hydrogen) atoms. The molecule has 7 heteroatoms. The van der Waals surface area contributed by atoms with Gasteiger partial charge in [0.1, 0.15) is 5.69 Å². The van der Waals surface area contributed by atoms with Crippen molar-refractivity contribution < 1.29 is 26.7 Å². The number of amides is 1. The quantitative estimate of drug-likeness (QED) is 0.505. The Balaban J connectivity index is 3.06. The van der Waals surface area contributed by atoms with E-state index in [1.54, 1.807) is 12.2 Å². The molecule has 0 radical (unpaired) electrons. The number of nitrogens with one attached hydrogen (secondary N) is 1. The fourth-order valence-electron chi connectivity index (χ4n) is 1.25. The number of hydrogen-bond acceptors (Lipinski definition) is 1. The van der Waals surface area contributed by atoms with Gasteiger partial charge >= 0.3 is 0 Å². The first kappa shape index (κ1) is 14.4. The summed E-state index contributed by atoms with van der Waals surface area (Å²) in [5.74, 6) is -11.3. The highest BCUT2D eigenvalue weighted by Gasteiger charge is 2.26. The van der Waals surface area contributed by atoms with E-state index in [9.17, 15) is 26.7 Å². The molecule has 0 aliphatic rings. The molecule has 1 amide bonds. The molecule has 0 heterocycles. The van der Waals surface area contributed by atoms with Crippen LogP contribution >= 0.6 is 0 Å². The smallest absolute Gasteiger partial charge is 0.224 e. The highest BCUT2D eigenvalue weighted by molar-refractivity contribution is 5.90. The Hall–Kier alpha value is -1.66. The van der Waals surface area contributed by atoms with Gasteiger partial charge in [-0.25, -0.2) is 22.0 Å². The summed E-state index contributed by atoms with van der Waals surface area (Å²) in [7, 11) is 0. The van der Waals surface area contributed by atoms with E-state index in [2.05, 4.69) is 0 Å². The van der Waals surface area contributed by atoms with Crippen LogP contribution in [0.2, 0.25) is 0 Å². The van der Waals surface area contributed by atoms with Gasteiger partial charge in [0.2, 0.25) is 11.7 Å². The Morgan fingerprint density at radius 3 is 1.83 bits per heavy atom. The second-order valence-electron chi connectivity index (χ2n) is 3.60. The van der Waals surface area contributed by atoms with Crippen LogP contribution in [0.1, 0.15) is 26.2 Å². The molecule has 1 rings (SSSR count). The van der Waals surface area contributed by atoms with Crippen molar-refractivity contribution in [3.63, 3.8) is 0 Å². The maximum Gasteiger partial charge on any atom is 0.224 e. The highest BCUT2D eigenvalue weighted by atomic mass is 19.2. The average molecular weight is 267 g/mol. The van der Waals surface area contributed by atoms with Gasteiger partial charge in [-0.2, -0.15) is 0 Å². The topological polar surface area (TPSA) is 29.1 Å². The van der Waals surface area contributed by atoms with Gasteiger partial charge in [-0.3, -0.25) is 4.79 Å². The molecule has 0 atom stereocenters. The van der Waals surface area contributed by atoms with Crippen molar-refractivity contribution in [2.24, 2.45) is 0 Å². The van der Waals surface area contributed by atoms with Crippen LogP contribution in [0.3, 0.4) is 0 Å². The van der Waals surface area contributed by atoms with E-state index in [-0.39, 0.29) is 6.42 Å². The van der Waals surface area contributed by atoms with E-state index >= 15 is 0 Å². The Bertz CT molecular complexity index is 446. The lowest BCUT2D eigenvalue weighted by Crippen LogP contribution is -2.16. The molecule has 0 spiro atoms. The second kappa shape index (κ2) is 5.79. The van der Waals surface area contributed by atoms with Gasteiger partial charge < -0.3 is 5.32 Å². The number of carbonyl (C=O) groups excluding carboxylic acids is 1.